The van der Waals surface area contributed by atoms with E-state index in [1.54, 1.807) is 36.3 Å². The highest BCUT2D eigenvalue weighted by atomic mass is 19.1. The van der Waals surface area contributed by atoms with Gasteiger partial charge >= 0.3 is 0 Å². The summed E-state index contributed by atoms with van der Waals surface area (Å²) in [5, 5.41) is 2.74. The van der Waals surface area contributed by atoms with E-state index in [1.165, 1.54) is 12.1 Å². The number of pyridine rings is 1. The predicted molar refractivity (Wildman–Crippen MR) is 119 cm³/mol. The van der Waals surface area contributed by atoms with Gasteiger partial charge in [-0.25, -0.2) is 9.37 Å². The molecule has 0 unspecified atom stereocenters. The Morgan fingerprint density at radius 1 is 1.06 bits per heavy atom. The van der Waals surface area contributed by atoms with E-state index in [0.717, 1.165) is 22.5 Å². The lowest BCUT2D eigenvalue weighted by Crippen LogP contribution is -2.34. The van der Waals surface area contributed by atoms with Gasteiger partial charge in [0.05, 0.1) is 13.1 Å². The number of anilines is 1. The van der Waals surface area contributed by atoms with Crippen molar-refractivity contribution in [1.82, 2.24) is 14.5 Å². The zero-order valence-corrected chi connectivity index (χ0v) is 18.3. The van der Waals surface area contributed by atoms with Gasteiger partial charge in [0.1, 0.15) is 11.6 Å². The second kappa shape index (κ2) is 9.66. The fourth-order valence-corrected chi connectivity index (χ4v) is 3.45. The molecule has 2 aromatic heterocycles. The number of hydrogen-bond acceptors (Lipinski definition) is 4. The van der Waals surface area contributed by atoms with E-state index in [4.69, 9.17) is 0 Å². The number of nitrogens with one attached hydrogen (secondary N) is 1. The van der Waals surface area contributed by atoms with Gasteiger partial charge in [-0.2, -0.15) is 0 Å². The summed E-state index contributed by atoms with van der Waals surface area (Å²) in [5.74, 6) is -0.0684. The first-order valence-corrected chi connectivity index (χ1v) is 10.1. The SMILES string of the molecule is Cc1ccc(NC(=O)CN(C)CC(=O)c2cc(C)n(Cc3ccc(F)cc3)c2C)nc1. The molecular weight excluding hydrogens is 395 g/mol. The number of amides is 1. The predicted octanol–water partition coefficient (Wildman–Crippen LogP) is 3.75. The number of hydrogen-bond donors (Lipinski definition) is 1. The zero-order chi connectivity index (χ0) is 22.5. The number of likely N-dealkylation sites (N-methyl/N-ethyl adjacent to an activating group) is 1. The second-order valence-electron chi connectivity index (χ2n) is 7.86. The molecule has 0 fully saturated rings. The van der Waals surface area contributed by atoms with Crippen LogP contribution in [-0.4, -0.2) is 46.3 Å². The van der Waals surface area contributed by atoms with Crippen molar-refractivity contribution in [2.24, 2.45) is 0 Å². The minimum Gasteiger partial charge on any atom is -0.344 e. The minimum atomic E-state index is -0.272. The number of aromatic nitrogens is 2. The Morgan fingerprint density at radius 2 is 1.77 bits per heavy atom. The average molecular weight is 423 g/mol. The largest absolute Gasteiger partial charge is 0.344 e. The van der Waals surface area contributed by atoms with Crippen molar-refractivity contribution in [2.45, 2.75) is 27.3 Å². The first kappa shape index (κ1) is 22.4. The molecule has 0 aliphatic rings. The topological polar surface area (TPSA) is 67.2 Å². The summed E-state index contributed by atoms with van der Waals surface area (Å²) >= 11 is 0. The molecule has 1 aromatic carbocycles. The Kier molecular flexibility index (Phi) is 6.97. The summed E-state index contributed by atoms with van der Waals surface area (Å²) in [4.78, 5) is 30.9. The molecule has 2 heterocycles. The smallest absolute Gasteiger partial charge is 0.239 e. The van der Waals surface area contributed by atoms with Crippen LogP contribution in [0.5, 0.6) is 0 Å². The van der Waals surface area contributed by atoms with Crippen molar-refractivity contribution >= 4 is 17.5 Å². The first-order chi connectivity index (χ1) is 14.7. The van der Waals surface area contributed by atoms with Crippen molar-refractivity contribution in [3.05, 3.63) is 82.6 Å². The summed E-state index contributed by atoms with van der Waals surface area (Å²) < 4.78 is 15.2. The Hall–Kier alpha value is -3.32. The maximum atomic E-state index is 13.2. The lowest BCUT2D eigenvalue weighted by atomic mass is 10.1. The Balaban J connectivity index is 1.61. The first-order valence-electron chi connectivity index (χ1n) is 10.1. The van der Waals surface area contributed by atoms with Gasteiger partial charge in [-0.15, -0.1) is 0 Å². The maximum absolute atomic E-state index is 13.2. The molecular formula is C24H27FN4O2. The Bertz CT molecular complexity index is 1070. The molecule has 0 bridgehead atoms. The molecule has 0 saturated heterocycles. The van der Waals surface area contributed by atoms with Crippen LogP contribution in [0.1, 0.15) is 32.9 Å². The highest BCUT2D eigenvalue weighted by Gasteiger charge is 2.18. The lowest BCUT2D eigenvalue weighted by molar-refractivity contribution is -0.116. The highest BCUT2D eigenvalue weighted by Crippen LogP contribution is 2.18. The third-order valence-corrected chi connectivity index (χ3v) is 5.13. The van der Waals surface area contributed by atoms with Crippen LogP contribution in [0.4, 0.5) is 10.2 Å². The fourth-order valence-electron chi connectivity index (χ4n) is 3.45. The van der Waals surface area contributed by atoms with Gasteiger partial charge < -0.3 is 9.88 Å². The lowest BCUT2D eigenvalue weighted by Gasteiger charge is -2.15. The maximum Gasteiger partial charge on any atom is 0.239 e. The fraction of sp³-hybridized carbons (Fsp3) is 0.292. The Labute approximate surface area is 181 Å². The van der Waals surface area contributed by atoms with Crippen LogP contribution < -0.4 is 5.32 Å². The monoisotopic (exact) mass is 422 g/mol. The van der Waals surface area contributed by atoms with Crippen LogP contribution in [0.25, 0.3) is 0 Å². The third kappa shape index (κ3) is 5.86. The second-order valence-corrected chi connectivity index (χ2v) is 7.86. The van der Waals surface area contributed by atoms with Gasteiger partial charge in [0.25, 0.3) is 0 Å². The molecule has 31 heavy (non-hydrogen) atoms. The summed E-state index contributed by atoms with van der Waals surface area (Å²) in [6, 6.07) is 11.8. The average Bonchev–Trinajstić information content (AvgIpc) is 2.99. The molecule has 0 aliphatic carbocycles. The normalized spacial score (nSPS) is 11.0. The van der Waals surface area contributed by atoms with Crippen molar-refractivity contribution < 1.29 is 14.0 Å². The number of rotatable bonds is 8. The van der Waals surface area contributed by atoms with E-state index >= 15 is 0 Å². The van der Waals surface area contributed by atoms with Gasteiger partial charge in [0.2, 0.25) is 5.91 Å². The summed E-state index contributed by atoms with van der Waals surface area (Å²) in [6.45, 7) is 6.53. The molecule has 1 amide bonds. The molecule has 162 valence electrons. The van der Waals surface area contributed by atoms with Gasteiger partial charge in [-0.1, -0.05) is 18.2 Å². The number of halogens is 1. The van der Waals surface area contributed by atoms with Crippen LogP contribution >= 0.6 is 0 Å². The molecule has 0 saturated carbocycles. The van der Waals surface area contributed by atoms with Crippen molar-refractivity contribution in [3.63, 3.8) is 0 Å². The van der Waals surface area contributed by atoms with Crippen molar-refractivity contribution in [2.75, 3.05) is 25.5 Å². The number of carbonyl (C=O) groups is 2. The van der Waals surface area contributed by atoms with Crippen LogP contribution in [0, 0.1) is 26.6 Å². The minimum absolute atomic E-state index is 0.0535. The van der Waals surface area contributed by atoms with Gasteiger partial charge in [-0.05, 0) is 63.2 Å². The summed E-state index contributed by atoms with van der Waals surface area (Å²) in [6.07, 6.45) is 1.69. The standard InChI is InChI=1S/C24H27FN4O2/c1-16-5-10-23(26-12-16)27-24(31)15-28(4)14-22(30)21-11-17(2)29(18(21)3)13-19-6-8-20(25)9-7-19/h5-12H,13-15H2,1-4H3,(H,26,27,31). The zero-order valence-electron chi connectivity index (χ0n) is 18.3. The van der Waals surface area contributed by atoms with Crippen molar-refractivity contribution in [3.8, 4) is 0 Å². The van der Waals surface area contributed by atoms with Gasteiger partial charge in [0.15, 0.2) is 5.78 Å². The van der Waals surface area contributed by atoms with E-state index in [1.807, 2.05) is 37.5 Å². The van der Waals surface area contributed by atoms with Gasteiger partial charge in [0, 0.05) is 29.7 Å². The number of nitrogens with zero attached hydrogens (tertiary/aromatic N) is 3. The number of carbonyl (C=O) groups excluding carboxylic acids is 2. The molecule has 3 aromatic rings. The van der Waals surface area contributed by atoms with E-state index in [-0.39, 0.29) is 30.6 Å². The van der Waals surface area contributed by atoms with Crippen LogP contribution in [0.15, 0.2) is 48.7 Å². The van der Waals surface area contributed by atoms with Crippen LogP contribution in [0.2, 0.25) is 0 Å². The number of ketones is 1. The Morgan fingerprint density at radius 3 is 2.42 bits per heavy atom. The number of benzene rings is 1. The summed E-state index contributed by atoms with van der Waals surface area (Å²) in [7, 11) is 1.73. The van der Waals surface area contributed by atoms with Crippen LogP contribution in [-0.2, 0) is 11.3 Å². The summed E-state index contributed by atoms with van der Waals surface area (Å²) in [5.41, 5.74) is 4.41. The van der Waals surface area contributed by atoms with E-state index in [9.17, 15) is 14.0 Å². The van der Waals surface area contributed by atoms with E-state index in [0.29, 0.717) is 17.9 Å². The quantitative estimate of drug-likeness (QED) is 0.562. The van der Waals surface area contributed by atoms with Crippen molar-refractivity contribution in [1.29, 1.82) is 0 Å². The molecule has 0 aliphatic heterocycles. The molecule has 3 rings (SSSR count). The van der Waals surface area contributed by atoms with Crippen LogP contribution in [0.3, 0.4) is 0 Å². The molecule has 6 nitrogen and oxygen atoms in total. The number of aryl methyl sites for hydroxylation is 2. The molecule has 0 atom stereocenters. The van der Waals surface area contributed by atoms with Gasteiger partial charge in [-0.3, -0.25) is 14.5 Å². The highest BCUT2D eigenvalue weighted by molar-refractivity contribution is 5.99. The number of Topliss-reactive ketones (excluding diaryl/α,β-unsaturated/α-hetero) is 1. The third-order valence-electron chi connectivity index (χ3n) is 5.13. The molecule has 0 spiro atoms. The van der Waals surface area contributed by atoms with E-state index < -0.39 is 0 Å². The molecule has 0 radical (unpaired) electrons. The molecule has 7 heteroatoms. The van der Waals surface area contributed by atoms with E-state index in [2.05, 4.69) is 10.3 Å². The molecule has 1 N–H and O–H groups in total.